The lowest BCUT2D eigenvalue weighted by Crippen LogP contribution is -2.47. The first-order valence-corrected chi connectivity index (χ1v) is 8.44. The number of hydrogen-bond donors (Lipinski definition) is 1. The van der Waals surface area contributed by atoms with E-state index in [2.05, 4.69) is 50.0 Å². The van der Waals surface area contributed by atoms with Gasteiger partial charge in [0.05, 0.1) is 0 Å². The zero-order chi connectivity index (χ0) is 14.8. The van der Waals surface area contributed by atoms with Gasteiger partial charge in [0.15, 0.2) is 0 Å². The summed E-state index contributed by atoms with van der Waals surface area (Å²) in [6.07, 6.45) is 7.03. The van der Waals surface area contributed by atoms with Crippen molar-refractivity contribution in [2.75, 3.05) is 40.3 Å². The van der Waals surface area contributed by atoms with Crippen LogP contribution in [0.4, 0.5) is 0 Å². The summed E-state index contributed by atoms with van der Waals surface area (Å²) in [4.78, 5) is 5.12. The molecule has 118 valence electrons. The summed E-state index contributed by atoms with van der Waals surface area (Å²) >= 11 is 0. The van der Waals surface area contributed by atoms with Crippen LogP contribution in [0.15, 0.2) is 0 Å². The van der Waals surface area contributed by atoms with E-state index in [-0.39, 0.29) is 5.54 Å². The van der Waals surface area contributed by atoms with Gasteiger partial charge in [-0.25, -0.2) is 0 Å². The Morgan fingerprint density at radius 3 is 2.35 bits per heavy atom. The molecule has 1 saturated carbocycles. The van der Waals surface area contributed by atoms with Crippen LogP contribution in [0.1, 0.15) is 52.9 Å². The minimum absolute atomic E-state index is 0.243. The average Bonchev–Trinajstić information content (AvgIpc) is 2.96. The van der Waals surface area contributed by atoms with E-state index in [1.807, 2.05) is 0 Å². The van der Waals surface area contributed by atoms with Crippen LogP contribution in [0, 0.1) is 5.41 Å². The molecular weight excluding hydrogens is 246 g/mol. The largest absolute Gasteiger partial charge is 0.311 e. The van der Waals surface area contributed by atoms with Crippen molar-refractivity contribution in [3.8, 4) is 0 Å². The van der Waals surface area contributed by atoms with E-state index in [9.17, 15) is 0 Å². The molecule has 1 atom stereocenters. The lowest BCUT2D eigenvalue weighted by Gasteiger charge is -2.37. The van der Waals surface area contributed by atoms with Gasteiger partial charge < -0.3 is 15.1 Å². The Balaban J connectivity index is 1.89. The quantitative estimate of drug-likeness (QED) is 0.835. The predicted molar refractivity (Wildman–Crippen MR) is 87.2 cm³/mol. The number of likely N-dealkylation sites (N-methyl/N-ethyl adjacent to an activating group) is 1. The van der Waals surface area contributed by atoms with Crippen LogP contribution < -0.4 is 5.32 Å². The van der Waals surface area contributed by atoms with E-state index in [0.29, 0.717) is 5.41 Å². The Kier molecular flexibility index (Phi) is 5.14. The molecule has 0 aromatic heterocycles. The summed E-state index contributed by atoms with van der Waals surface area (Å²) in [5, 5.41) is 3.78. The van der Waals surface area contributed by atoms with Gasteiger partial charge in [0, 0.05) is 31.2 Å². The second-order valence-electron chi connectivity index (χ2n) is 8.45. The van der Waals surface area contributed by atoms with Gasteiger partial charge in [-0.3, -0.25) is 0 Å². The molecule has 0 amide bonds. The number of nitrogens with one attached hydrogen (secondary N) is 1. The molecule has 0 spiro atoms. The van der Waals surface area contributed by atoms with E-state index in [1.54, 1.807) is 0 Å². The smallest absolute Gasteiger partial charge is 0.0229 e. The second kappa shape index (κ2) is 6.33. The highest BCUT2D eigenvalue weighted by Gasteiger charge is 2.38. The monoisotopic (exact) mass is 281 g/mol. The normalized spacial score (nSPS) is 27.6. The van der Waals surface area contributed by atoms with Crippen molar-refractivity contribution < 1.29 is 0 Å². The predicted octanol–water partition coefficient (Wildman–Crippen LogP) is 2.57. The molecule has 1 aliphatic heterocycles. The standard InChI is InChI=1S/C17H35N3/c1-16(2,3)18-13-17(9-6-7-10-17)14-20-11-8-15(12-20)19(4)5/h15,18H,6-14H2,1-5H3. The Labute approximate surface area is 126 Å². The highest BCUT2D eigenvalue weighted by Crippen LogP contribution is 2.39. The van der Waals surface area contributed by atoms with E-state index >= 15 is 0 Å². The van der Waals surface area contributed by atoms with Crippen LogP contribution in [-0.4, -0.2) is 61.7 Å². The van der Waals surface area contributed by atoms with E-state index in [1.165, 1.54) is 58.3 Å². The van der Waals surface area contributed by atoms with Crippen molar-refractivity contribution in [1.82, 2.24) is 15.1 Å². The lowest BCUT2D eigenvalue weighted by molar-refractivity contribution is 0.152. The third-order valence-corrected chi connectivity index (χ3v) is 5.19. The molecule has 0 aromatic carbocycles. The minimum atomic E-state index is 0.243. The molecule has 1 aliphatic carbocycles. The van der Waals surface area contributed by atoms with E-state index in [4.69, 9.17) is 0 Å². The summed E-state index contributed by atoms with van der Waals surface area (Å²) < 4.78 is 0. The summed E-state index contributed by atoms with van der Waals surface area (Å²) in [6.45, 7) is 11.9. The van der Waals surface area contributed by atoms with Crippen molar-refractivity contribution in [3.63, 3.8) is 0 Å². The fraction of sp³-hybridized carbons (Fsp3) is 1.00. The van der Waals surface area contributed by atoms with Gasteiger partial charge >= 0.3 is 0 Å². The van der Waals surface area contributed by atoms with Crippen molar-refractivity contribution in [2.24, 2.45) is 5.41 Å². The topological polar surface area (TPSA) is 18.5 Å². The van der Waals surface area contributed by atoms with Crippen LogP contribution >= 0.6 is 0 Å². The maximum atomic E-state index is 3.78. The second-order valence-corrected chi connectivity index (χ2v) is 8.45. The maximum Gasteiger partial charge on any atom is 0.0229 e. The molecule has 2 rings (SSSR count). The molecule has 0 aromatic rings. The summed E-state index contributed by atoms with van der Waals surface area (Å²) in [6, 6.07) is 0.768. The van der Waals surface area contributed by atoms with Crippen LogP contribution in [0.2, 0.25) is 0 Å². The van der Waals surface area contributed by atoms with Crippen LogP contribution in [0.3, 0.4) is 0 Å². The fourth-order valence-electron chi connectivity index (χ4n) is 3.82. The van der Waals surface area contributed by atoms with Gasteiger partial charge in [-0.1, -0.05) is 12.8 Å². The molecule has 20 heavy (non-hydrogen) atoms. The van der Waals surface area contributed by atoms with Crippen molar-refractivity contribution in [1.29, 1.82) is 0 Å². The van der Waals surface area contributed by atoms with E-state index in [0.717, 1.165) is 6.04 Å². The highest BCUT2D eigenvalue weighted by atomic mass is 15.2. The summed E-state index contributed by atoms with van der Waals surface area (Å²) in [5.74, 6) is 0. The lowest BCUT2D eigenvalue weighted by atomic mass is 9.84. The Morgan fingerprint density at radius 2 is 1.85 bits per heavy atom. The zero-order valence-corrected chi connectivity index (χ0v) is 14.3. The van der Waals surface area contributed by atoms with E-state index < -0.39 is 0 Å². The van der Waals surface area contributed by atoms with Crippen molar-refractivity contribution in [3.05, 3.63) is 0 Å². The first-order valence-electron chi connectivity index (χ1n) is 8.44. The molecule has 1 heterocycles. The summed E-state index contributed by atoms with van der Waals surface area (Å²) in [5.41, 5.74) is 0.779. The first kappa shape index (κ1) is 16.3. The van der Waals surface area contributed by atoms with Gasteiger partial charge in [-0.15, -0.1) is 0 Å². The molecule has 1 saturated heterocycles. The molecular formula is C17H35N3. The fourth-order valence-corrected chi connectivity index (χ4v) is 3.82. The maximum absolute atomic E-state index is 3.78. The molecule has 2 fully saturated rings. The van der Waals surface area contributed by atoms with Gasteiger partial charge in [-0.05, 0) is 66.1 Å². The summed E-state index contributed by atoms with van der Waals surface area (Å²) in [7, 11) is 4.45. The molecule has 1 unspecified atom stereocenters. The average molecular weight is 281 g/mol. The molecule has 3 heteroatoms. The number of likely N-dealkylation sites (tertiary alicyclic amines) is 1. The molecule has 3 nitrogen and oxygen atoms in total. The molecule has 2 aliphatic rings. The Morgan fingerprint density at radius 1 is 1.20 bits per heavy atom. The SMILES string of the molecule is CN(C)C1CCN(CC2(CNC(C)(C)C)CCCC2)C1. The molecule has 0 radical (unpaired) electrons. The van der Waals surface area contributed by atoms with Crippen molar-refractivity contribution in [2.45, 2.75) is 64.5 Å². The number of nitrogens with zero attached hydrogens (tertiary/aromatic N) is 2. The third-order valence-electron chi connectivity index (χ3n) is 5.19. The van der Waals surface area contributed by atoms with Crippen molar-refractivity contribution >= 4 is 0 Å². The number of hydrogen-bond acceptors (Lipinski definition) is 3. The van der Waals surface area contributed by atoms with Gasteiger partial charge in [0.2, 0.25) is 0 Å². The Bertz CT molecular complexity index is 300. The van der Waals surface area contributed by atoms with Crippen LogP contribution in [-0.2, 0) is 0 Å². The van der Waals surface area contributed by atoms with Gasteiger partial charge in [0.1, 0.15) is 0 Å². The first-order chi connectivity index (χ1) is 9.30. The van der Waals surface area contributed by atoms with Crippen LogP contribution in [0.25, 0.3) is 0 Å². The van der Waals surface area contributed by atoms with Gasteiger partial charge in [0.25, 0.3) is 0 Å². The molecule has 0 bridgehead atoms. The zero-order valence-electron chi connectivity index (χ0n) is 14.3. The highest BCUT2D eigenvalue weighted by molar-refractivity contribution is 4.93. The van der Waals surface area contributed by atoms with Gasteiger partial charge in [-0.2, -0.15) is 0 Å². The minimum Gasteiger partial charge on any atom is -0.311 e. The third kappa shape index (κ3) is 4.44. The number of rotatable bonds is 5. The Hall–Kier alpha value is -0.120. The molecule has 1 N–H and O–H groups in total. The van der Waals surface area contributed by atoms with Crippen LogP contribution in [0.5, 0.6) is 0 Å².